The second kappa shape index (κ2) is 8.38. The van der Waals surface area contributed by atoms with Gasteiger partial charge >= 0.3 is 0 Å². The zero-order chi connectivity index (χ0) is 15.7. The predicted octanol–water partition coefficient (Wildman–Crippen LogP) is 3.45. The molecular formula is C16H23N3O2. The van der Waals surface area contributed by atoms with Crippen molar-refractivity contribution in [1.82, 2.24) is 5.32 Å². The first-order valence-corrected chi connectivity index (χ1v) is 7.30. The molecule has 5 heteroatoms. The van der Waals surface area contributed by atoms with E-state index in [9.17, 15) is 10.1 Å². The van der Waals surface area contributed by atoms with E-state index in [4.69, 9.17) is 5.26 Å². The largest absolute Gasteiger partial charge is 0.316 e. The van der Waals surface area contributed by atoms with Crippen molar-refractivity contribution in [3.8, 4) is 6.07 Å². The topological polar surface area (TPSA) is 79.0 Å². The van der Waals surface area contributed by atoms with Crippen LogP contribution in [-0.4, -0.2) is 18.0 Å². The fraction of sp³-hybridized carbons (Fsp3) is 0.562. The molecule has 0 unspecified atom stereocenters. The number of benzene rings is 1. The van der Waals surface area contributed by atoms with Crippen LogP contribution in [0, 0.1) is 26.9 Å². The van der Waals surface area contributed by atoms with Crippen LogP contribution in [0.3, 0.4) is 0 Å². The van der Waals surface area contributed by atoms with Gasteiger partial charge in [-0.2, -0.15) is 5.26 Å². The first-order valence-electron chi connectivity index (χ1n) is 7.30. The summed E-state index contributed by atoms with van der Waals surface area (Å²) in [5.74, 6) is 0. The van der Waals surface area contributed by atoms with Crippen molar-refractivity contribution in [2.45, 2.75) is 39.5 Å². The molecule has 0 aliphatic carbocycles. The molecule has 1 aromatic carbocycles. The summed E-state index contributed by atoms with van der Waals surface area (Å²) >= 11 is 0. The average molecular weight is 289 g/mol. The number of nitriles is 1. The number of nitrogens with zero attached hydrogens (tertiary/aromatic N) is 2. The normalized spacial score (nSPS) is 11.1. The molecule has 0 heterocycles. The van der Waals surface area contributed by atoms with Crippen LogP contribution in [0.4, 0.5) is 5.69 Å². The Balaban J connectivity index is 2.12. The molecule has 0 spiro atoms. The molecule has 0 radical (unpaired) electrons. The van der Waals surface area contributed by atoms with E-state index in [1.54, 1.807) is 24.3 Å². The average Bonchev–Trinajstić information content (AvgIpc) is 2.46. The molecule has 0 atom stereocenters. The molecule has 0 aromatic heterocycles. The molecule has 1 N–H and O–H groups in total. The van der Waals surface area contributed by atoms with Gasteiger partial charge in [0.15, 0.2) is 0 Å². The lowest BCUT2D eigenvalue weighted by atomic mass is 9.89. The van der Waals surface area contributed by atoms with Gasteiger partial charge in [0.1, 0.15) is 0 Å². The van der Waals surface area contributed by atoms with Gasteiger partial charge in [-0.15, -0.1) is 0 Å². The fourth-order valence-corrected chi connectivity index (χ4v) is 2.01. The van der Waals surface area contributed by atoms with Crippen molar-refractivity contribution in [3.63, 3.8) is 0 Å². The third-order valence-electron chi connectivity index (χ3n) is 3.45. The second-order valence-electron chi connectivity index (χ2n) is 5.88. The molecule has 114 valence electrons. The van der Waals surface area contributed by atoms with Crippen LogP contribution in [0.1, 0.15) is 38.7 Å². The number of non-ortho nitro benzene ring substituents is 1. The Kier molecular flexibility index (Phi) is 6.83. The number of rotatable bonds is 9. The lowest BCUT2D eigenvalue weighted by Gasteiger charge is -2.14. The SMILES string of the molecule is CC(C)(C#N)CCCCNCCc1ccc([N+](=O)[O-])cc1. The van der Waals surface area contributed by atoms with Crippen molar-refractivity contribution in [1.29, 1.82) is 5.26 Å². The zero-order valence-corrected chi connectivity index (χ0v) is 12.8. The summed E-state index contributed by atoms with van der Waals surface area (Å²) in [6.45, 7) is 5.73. The van der Waals surface area contributed by atoms with Crippen LogP contribution in [0.5, 0.6) is 0 Å². The number of nitro groups is 1. The highest BCUT2D eigenvalue weighted by atomic mass is 16.6. The van der Waals surface area contributed by atoms with Crippen molar-refractivity contribution >= 4 is 5.69 Å². The van der Waals surface area contributed by atoms with Gasteiger partial charge in [0.25, 0.3) is 5.69 Å². The van der Waals surface area contributed by atoms with Crippen LogP contribution in [-0.2, 0) is 6.42 Å². The molecule has 0 fully saturated rings. The summed E-state index contributed by atoms with van der Waals surface area (Å²) in [7, 11) is 0. The summed E-state index contributed by atoms with van der Waals surface area (Å²) in [6, 6.07) is 8.99. The second-order valence-corrected chi connectivity index (χ2v) is 5.88. The van der Waals surface area contributed by atoms with E-state index in [-0.39, 0.29) is 16.0 Å². The molecule has 0 saturated carbocycles. The summed E-state index contributed by atoms with van der Waals surface area (Å²) in [6.07, 6.45) is 3.89. The van der Waals surface area contributed by atoms with Crippen molar-refractivity contribution in [2.75, 3.05) is 13.1 Å². The van der Waals surface area contributed by atoms with Gasteiger partial charge in [-0.1, -0.05) is 18.6 Å². The van der Waals surface area contributed by atoms with Crippen molar-refractivity contribution in [2.24, 2.45) is 5.41 Å². The molecule has 0 aliphatic heterocycles. The lowest BCUT2D eigenvalue weighted by Crippen LogP contribution is -2.19. The Labute approximate surface area is 126 Å². The molecule has 0 aliphatic rings. The van der Waals surface area contributed by atoms with E-state index < -0.39 is 0 Å². The van der Waals surface area contributed by atoms with Crippen molar-refractivity contribution < 1.29 is 4.92 Å². The van der Waals surface area contributed by atoms with Gasteiger partial charge in [0, 0.05) is 12.1 Å². The molecule has 0 bridgehead atoms. The number of hydrogen-bond acceptors (Lipinski definition) is 4. The van der Waals surface area contributed by atoms with Gasteiger partial charge in [-0.05, 0) is 51.8 Å². The Morgan fingerprint density at radius 3 is 2.48 bits per heavy atom. The monoisotopic (exact) mass is 289 g/mol. The fourth-order valence-electron chi connectivity index (χ4n) is 2.01. The Morgan fingerprint density at radius 2 is 1.90 bits per heavy atom. The van der Waals surface area contributed by atoms with E-state index in [1.807, 2.05) is 13.8 Å². The molecule has 5 nitrogen and oxygen atoms in total. The Hall–Kier alpha value is -1.93. The van der Waals surface area contributed by atoms with Gasteiger partial charge in [-0.25, -0.2) is 0 Å². The molecule has 21 heavy (non-hydrogen) atoms. The summed E-state index contributed by atoms with van der Waals surface area (Å²) in [5, 5.41) is 22.8. The van der Waals surface area contributed by atoms with Crippen LogP contribution in [0.15, 0.2) is 24.3 Å². The first-order chi connectivity index (χ1) is 9.94. The maximum Gasteiger partial charge on any atom is 0.269 e. The van der Waals surface area contributed by atoms with E-state index in [0.717, 1.165) is 44.3 Å². The van der Waals surface area contributed by atoms with Crippen LogP contribution in [0.25, 0.3) is 0 Å². The van der Waals surface area contributed by atoms with Crippen LogP contribution >= 0.6 is 0 Å². The molecular weight excluding hydrogens is 266 g/mol. The molecule has 0 amide bonds. The summed E-state index contributed by atoms with van der Waals surface area (Å²) in [4.78, 5) is 10.2. The van der Waals surface area contributed by atoms with E-state index in [2.05, 4.69) is 11.4 Å². The van der Waals surface area contributed by atoms with E-state index in [1.165, 1.54) is 0 Å². The van der Waals surface area contributed by atoms with Gasteiger partial charge < -0.3 is 5.32 Å². The number of unbranched alkanes of at least 4 members (excludes halogenated alkanes) is 1. The highest BCUT2D eigenvalue weighted by Crippen LogP contribution is 2.21. The van der Waals surface area contributed by atoms with Gasteiger partial charge in [0.05, 0.1) is 16.4 Å². The maximum atomic E-state index is 10.5. The number of nitrogens with one attached hydrogen (secondary N) is 1. The van der Waals surface area contributed by atoms with Crippen molar-refractivity contribution in [3.05, 3.63) is 39.9 Å². The number of nitro benzene ring substituents is 1. The van der Waals surface area contributed by atoms with Crippen LogP contribution < -0.4 is 5.32 Å². The minimum Gasteiger partial charge on any atom is -0.316 e. The predicted molar refractivity (Wildman–Crippen MR) is 82.9 cm³/mol. The lowest BCUT2D eigenvalue weighted by molar-refractivity contribution is -0.384. The highest BCUT2D eigenvalue weighted by molar-refractivity contribution is 5.32. The quantitative estimate of drug-likeness (QED) is 0.429. The minimum absolute atomic E-state index is 0.131. The standard InChI is InChI=1S/C16H23N3O2/c1-16(2,13-17)10-3-4-11-18-12-9-14-5-7-15(8-6-14)19(20)21/h5-8,18H,3-4,9-12H2,1-2H3. The van der Waals surface area contributed by atoms with Gasteiger partial charge in [-0.3, -0.25) is 10.1 Å². The third kappa shape index (κ3) is 6.87. The molecule has 0 saturated heterocycles. The molecule has 1 rings (SSSR count). The summed E-state index contributed by atoms with van der Waals surface area (Å²) in [5.41, 5.74) is 1.00. The number of hydrogen-bond donors (Lipinski definition) is 1. The molecule has 1 aromatic rings. The van der Waals surface area contributed by atoms with E-state index >= 15 is 0 Å². The smallest absolute Gasteiger partial charge is 0.269 e. The Morgan fingerprint density at radius 1 is 1.24 bits per heavy atom. The van der Waals surface area contributed by atoms with Gasteiger partial charge in [0.2, 0.25) is 0 Å². The van der Waals surface area contributed by atoms with E-state index in [0.29, 0.717) is 0 Å². The third-order valence-corrected chi connectivity index (χ3v) is 3.45. The minimum atomic E-state index is -0.384. The highest BCUT2D eigenvalue weighted by Gasteiger charge is 2.15. The van der Waals surface area contributed by atoms with Crippen LogP contribution in [0.2, 0.25) is 0 Å². The first kappa shape index (κ1) is 17.1. The maximum absolute atomic E-state index is 10.5. The summed E-state index contributed by atoms with van der Waals surface area (Å²) < 4.78 is 0. The Bertz CT molecular complexity index is 489. The zero-order valence-electron chi connectivity index (χ0n) is 12.8.